The van der Waals surface area contributed by atoms with Crippen molar-refractivity contribution in [2.75, 3.05) is 19.8 Å². The Kier molecular flexibility index (Phi) is 1.48. The lowest BCUT2D eigenvalue weighted by molar-refractivity contribution is 0.341. The molecule has 2 saturated heterocycles. The molecule has 0 amide bonds. The molecular formula is C6H12NOP. The lowest BCUT2D eigenvalue weighted by Gasteiger charge is -2.15. The van der Waals surface area contributed by atoms with Gasteiger partial charge in [-0.3, -0.25) is 4.67 Å². The molecule has 2 aliphatic heterocycles. The van der Waals surface area contributed by atoms with Gasteiger partial charge in [-0.25, -0.2) is 0 Å². The van der Waals surface area contributed by atoms with Gasteiger partial charge in [0.2, 0.25) is 0 Å². The van der Waals surface area contributed by atoms with Gasteiger partial charge in [-0.1, -0.05) is 0 Å². The lowest BCUT2D eigenvalue weighted by atomic mass is 10.2. The van der Waals surface area contributed by atoms with Crippen LogP contribution < -0.4 is 0 Å². The molecule has 2 atom stereocenters. The molecule has 0 aromatic heterocycles. The van der Waals surface area contributed by atoms with Crippen molar-refractivity contribution < 1.29 is 4.52 Å². The quantitative estimate of drug-likeness (QED) is 0.478. The summed E-state index contributed by atoms with van der Waals surface area (Å²) >= 11 is 0. The predicted octanol–water partition coefficient (Wildman–Crippen LogP) is 1.42. The molecule has 0 N–H and O–H groups in total. The Morgan fingerprint density at radius 1 is 1.67 bits per heavy atom. The molecule has 2 fully saturated rings. The third-order valence-electron chi connectivity index (χ3n) is 2.16. The minimum Gasteiger partial charge on any atom is -0.342 e. The summed E-state index contributed by atoms with van der Waals surface area (Å²) in [6.07, 6.45) is 2.76. The van der Waals surface area contributed by atoms with Gasteiger partial charge in [0, 0.05) is 12.6 Å². The lowest BCUT2D eigenvalue weighted by Crippen LogP contribution is -2.18. The van der Waals surface area contributed by atoms with Crippen LogP contribution in [0.5, 0.6) is 0 Å². The van der Waals surface area contributed by atoms with Crippen LogP contribution in [-0.2, 0) is 4.52 Å². The van der Waals surface area contributed by atoms with Gasteiger partial charge >= 0.3 is 0 Å². The van der Waals surface area contributed by atoms with Gasteiger partial charge in [0.1, 0.15) is 8.30 Å². The standard InChI is InChI=1S/C6H12NOP/c1-9-7-4-2-3-6(7)5-8-9/h6H,2-5H2,1H3/t6-,9?/m0/s1. The van der Waals surface area contributed by atoms with E-state index in [0.717, 1.165) is 12.6 Å². The van der Waals surface area contributed by atoms with Crippen molar-refractivity contribution >= 4 is 8.30 Å². The van der Waals surface area contributed by atoms with E-state index in [4.69, 9.17) is 4.52 Å². The van der Waals surface area contributed by atoms with E-state index in [1.165, 1.54) is 19.4 Å². The number of rotatable bonds is 0. The summed E-state index contributed by atoms with van der Waals surface area (Å²) in [5.41, 5.74) is 0. The average Bonchev–Trinajstić information content (AvgIpc) is 2.35. The first-order valence-corrected chi connectivity index (χ1v) is 5.17. The molecule has 52 valence electrons. The van der Waals surface area contributed by atoms with Crippen molar-refractivity contribution in [3.05, 3.63) is 0 Å². The average molecular weight is 145 g/mol. The smallest absolute Gasteiger partial charge is 0.101 e. The van der Waals surface area contributed by atoms with Gasteiger partial charge in [-0.15, -0.1) is 0 Å². The summed E-state index contributed by atoms with van der Waals surface area (Å²) in [5, 5.41) is 0. The highest BCUT2D eigenvalue weighted by molar-refractivity contribution is 7.49. The van der Waals surface area contributed by atoms with Crippen LogP contribution in [0.25, 0.3) is 0 Å². The highest BCUT2D eigenvalue weighted by atomic mass is 31.2. The molecule has 0 aromatic carbocycles. The zero-order valence-electron chi connectivity index (χ0n) is 5.71. The molecule has 0 radical (unpaired) electrons. The van der Waals surface area contributed by atoms with Crippen molar-refractivity contribution in [2.24, 2.45) is 0 Å². The van der Waals surface area contributed by atoms with Crippen LogP contribution in [-0.4, -0.2) is 30.5 Å². The molecule has 2 aliphatic rings. The number of hydrogen-bond donors (Lipinski definition) is 0. The maximum absolute atomic E-state index is 5.51. The van der Waals surface area contributed by atoms with E-state index < -0.39 is 0 Å². The fourth-order valence-corrected chi connectivity index (χ4v) is 3.23. The predicted molar refractivity (Wildman–Crippen MR) is 38.5 cm³/mol. The SMILES string of the molecule is CP1OC[C@@H]2CCCN21. The fourth-order valence-electron chi connectivity index (χ4n) is 1.63. The third-order valence-corrected chi connectivity index (χ3v) is 3.93. The first-order valence-electron chi connectivity index (χ1n) is 3.51. The zero-order valence-corrected chi connectivity index (χ0v) is 6.60. The van der Waals surface area contributed by atoms with E-state index in [2.05, 4.69) is 11.3 Å². The molecule has 0 spiro atoms. The largest absolute Gasteiger partial charge is 0.342 e. The Bertz CT molecular complexity index is 120. The van der Waals surface area contributed by atoms with Gasteiger partial charge in [0.25, 0.3) is 0 Å². The number of nitrogens with zero attached hydrogens (tertiary/aromatic N) is 1. The van der Waals surface area contributed by atoms with Crippen molar-refractivity contribution in [1.82, 2.24) is 4.67 Å². The van der Waals surface area contributed by atoms with Crippen LogP contribution in [0, 0.1) is 0 Å². The fraction of sp³-hybridized carbons (Fsp3) is 1.00. The molecule has 0 aromatic rings. The maximum atomic E-state index is 5.51. The highest BCUT2D eigenvalue weighted by Gasteiger charge is 2.35. The second-order valence-electron chi connectivity index (χ2n) is 2.72. The summed E-state index contributed by atoms with van der Waals surface area (Å²) in [7, 11) is -0.172. The van der Waals surface area contributed by atoms with Crippen molar-refractivity contribution in [1.29, 1.82) is 0 Å². The number of fused-ring (bicyclic) bond motifs is 1. The first kappa shape index (κ1) is 6.09. The highest BCUT2D eigenvalue weighted by Crippen LogP contribution is 2.48. The van der Waals surface area contributed by atoms with Crippen molar-refractivity contribution in [3.8, 4) is 0 Å². The molecule has 2 nitrogen and oxygen atoms in total. The Balaban J connectivity index is 2.07. The molecule has 2 rings (SSSR count). The molecule has 3 heteroatoms. The molecule has 2 heterocycles. The Morgan fingerprint density at radius 3 is 3.33 bits per heavy atom. The third kappa shape index (κ3) is 0.899. The van der Waals surface area contributed by atoms with E-state index in [0.29, 0.717) is 0 Å². The minimum atomic E-state index is -0.172. The Morgan fingerprint density at radius 2 is 2.56 bits per heavy atom. The van der Waals surface area contributed by atoms with Gasteiger partial charge in [-0.05, 0) is 19.5 Å². The molecule has 1 unspecified atom stereocenters. The van der Waals surface area contributed by atoms with Crippen LogP contribution >= 0.6 is 8.30 Å². The van der Waals surface area contributed by atoms with Gasteiger partial charge < -0.3 is 4.52 Å². The van der Waals surface area contributed by atoms with Crippen molar-refractivity contribution in [3.63, 3.8) is 0 Å². The van der Waals surface area contributed by atoms with Crippen LogP contribution in [0.2, 0.25) is 0 Å². The van der Waals surface area contributed by atoms with E-state index >= 15 is 0 Å². The minimum absolute atomic E-state index is 0.172. The Labute approximate surface area is 57.1 Å². The molecule has 9 heavy (non-hydrogen) atoms. The van der Waals surface area contributed by atoms with E-state index in [1.807, 2.05) is 0 Å². The zero-order chi connectivity index (χ0) is 6.27. The summed E-state index contributed by atoms with van der Waals surface area (Å²) in [5.74, 6) is 0. The van der Waals surface area contributed by atoms with Crippen molar-refractivity contribution in [2.45, 2.75) is 18.9 Å². The van der Waals surface area contributed by atoms with Crippen LogP contribution in [0.15, 0.2) is 0 Å². The van der Waals surface area contributed by atoms with E-state index in [1.54, 1.807) is 0 Å². The van der Waals surface area contributed by atoms with Gasteiger partial charge in [-0.2, -0.15) is 0 Å². The molecule has 0 bridgehead atoms. The maximum Gasteiger partial charge on any atom is 0.101 e. The molecule has 0 saturated carbocycles. The normalized spacial score (nSPS) is 43.7. The van der Waals surface area contributed by atoms with E-state index in [9.17, 15) is 0 Å². The number of hydrogen-bond acceptors (Lipinski definition) is 2. The van der Waals surface area contributed by atoms with Crippen LogP contribution in [0.4, 0.5) is 0 Å². The van der Waals surface area contributed by atoms with Gasteiger partial charge in [0.15, 0.2) is 0 Å². The molecule has 0 aliphatic carbocycles. The Hall–Kier alpha value is 0.350. The topological polar surface area (TPSA) is 12.5 Å². The summed E-state index contributed by atoms with van der Waals surface area (Å²) in [4.78, 5) is 0. The first-order chi connectivity index (χ1) is 4.38. The second kappa shape index (κ2) is 2.19. The summed E-state index contributed by atoms with van der Waals surface area (Å²) in [6, 6.07) is 0.793. The summed E-state index contributed by atoms with van der Waals surface area (Å²) in [6.45, 7) is 4.50. The summed E-state index contributed by atoms with van der Waals surface area (Å²) < 4.78 is 8.03. The monoisotopic (exact) mass is 145 g/mol. The van der Waals surface area contributed by atoms with Crippen LogP contribution in [0.1, 0.15) is 12.8 Å². The van der Waals surface area contributed by atoms with Gasteiger partial charge in [0.05, 0.1) is 6.61 Å². The molecular weight excluding hydrogens is 133 g/mol. The second-order valence-corrected chi connectivity index (χ2v) is 4.42. The van der Waals surface area contributed by atoms with Crippen LogP contribution in [0.3, 0.4) is 0 Å². The van der Waals surface area contributed by atoms with E-state index in [-0.39, 0.29) is 8.30 Å².